The lowest BCUT2D eigenvalue weighted by Crippen LogP contribution is -2.61. The van der Waals surface area contributed by atoms with Crippen LogP contribution in [0.4, 0.5) is 0 Å². The van der Waals surface area contributed by atoms with Gasteiger partial charge in [0.15, 0.2) is 6.29 Å². The molecule has 1 aliphatic rings. The maximum Gasteiger partial charge on any atom is 0.306 e. The summed E-state index contributed by atoms with van der Waals surface area (Å²) in [5, 5.41) is 8.70. The molecule has 86 heavy (non-hydrogen) atoms. The molecule has 3 N–H and O–H groups in total. The van der Waals surface area contributed by atoms with Gasteiger partial charge in [-0.15, -0.1) is 0 Å². The number of benzene rings is 4. The summed E-state index contributed by atoms with van der Waals surface area (Å²) < 4.78 is 39.5. The number of carbonyl (C=O) groups is 4. The van der Waals surface area contributed by atoms with Gasteiger partial charge in [0.25, 0.3) is 0 Å². The fourth-order valence-corrected chi connectivity index (χ4v) is 11.3. The van der Waals surface area contributed by atoms with Gasteiger partial charge in [-0.25, -0.2) is 0 Å². The van der Waals surface area contributed by atoms with Crippen LogP contribution >= 0.6 is 0 Å². The van der Waals surface area contributed by atoms with E-state index in [9.17, 15) is 19.2 Å². The Bertz CT molecular complexity index is 2340. The van der Waals surface area contributed by atoms with Crippen molar-refractivity contribution in [2.24, 2.45) is 5.92 Å². The minimum atomic E-state index is -1.27. The van der Waals surface area contributed by atoms with Crippen LogP contribution in [0.15, 0.2) is 121 Å². The van der Waals surface area contributed by atoms with Crippen LogP contribution in [-0.2, 0) is 74.0 Å². The zero-order chi connectivity index (χ0) is 61.1. The van der Waals surface area contributed by atoms with Gasteiger partial charge in [0, 0.05) is 19.4 Å². The summed E-state index contributed by atoms with van der Waals surface area (Å²) in [5.41, 5.74) is 3.71. The highest BCUT2D eigenvalue weighted by Crippen LogP contribution is 2.32. The first-order chi connectivity index (χ1) is 42.2. The van der Waals surface area contributed by atoms with Gasteiger partial charge in [-0.1, -0.05) is 289 Å². The first-order valence-corrected chi connectivity index (χ1v) is 33.4. The molecule has 0 bridgehead atoms. The van der Waals surface area contributed by atoms with E-state index >= 15 is 0 Å². The van der Waals surface area contributed by atoms with Gasteiger partial charge in [0.2, 0.25) is 17.7 Å². The Balaban J connectivity index is 1.37. The van der Waals surface area contributed by atoms with E-state index in [1.165, 1.54) is 123 Å². The third-order valence-corrected chi connectivity index (χ3v) is 16.6. The van der Waals surface area contributed by atoms with Crippen molar-refractivity contribution in [3.8, 4) is 0 Å². The third-order valence-electron chi connectivity index (χ3n) is 16.6. The molecule has 0 spiro atoms. The van der Waals surface area contributed by atoms with Crippen LogP contribution in [0, 0.1) is 5.92 Å². The molecule has 4 aromatic rings. The smallest absolute Gasteiger partial charge is 0.306 e. The molecule has 0 radical (unpaired) electrons. The molecule has 4 aromatic carbocycles. The van der Waals surface area contributed by atoms with E-state index in [0.29, 0.717) is 19.4 Å². The normalized spacial score (nSPS) is 17.4. The van der Waals surface area contributed by atoms with E-state index in [4.69, 9.17) is 28.4 Å². The first kappa shape index (κ1) is 71.3. The van der Waals surface area contributed by atoms with Crippen molar-refractivity contribution >= 4 is 23.7 Å². The van der Waals surface area contributed by atoms with E-state index in [0.717, 1.165) is 60.8 Å². The Morgan fingerprint density at radius 3 is 1.21 bits per heavy atom. The highest BCUT2D eigenvalue weighted by molar-refractivity contribution is 5.92. The van der Waals surface area contributed by atoms with Crippen molar-refractivity contribution in [2.45, 2.75) is 270 Å². The molecule has 13 nitrogen and oxygen atoms in total. The van der Waals surface area contributed by atoms with Crippen molar-refractivity contribution in [1.82, 2.24) is 16.0 Å². The van der Waals surface area contributed by atoms with Crippen molar-refractivity contribution < 1.29 is 47.6 Å². The minimum Gasteiger partial charge on any atom is -0.461 e. The number of amides is 3. The predicted octanol–water partition coefficient (Wildman–Crippen LogP) is 15.5. The first-order valence-electron chi connectivity index (χ1n) is 33.4. The largest absolute Gasteiger partial charge is 0.461 e. The summed E-state index contributed by atoms with van der Waals surface area (Å²) in [6.07, 6.45) is 26.7. The molecular weight excluding hydrogens is 1080 g/mol. The van der Waals surface area contributed by atoms with Crippen LogP contribution in [0.1, 0.15) is 223 Å². The molecular formula is C73H109N3O10. The van der Waals surface area contributed by atoms with Gasteiger partial charge in [0.05, 0.1) is 32.5 Å². The Morgan fingerprint density at radius 1 is 0.419 bits per heavy atom. The van der Waals surface area contributed by atoms with E-state index in [1.54, 1.807) is 0 Å². The molecule has 1 aliphatic heterocycles. The van der Waals surface area contributed by atoms with Crippen molar-refractivity contribution in [2.75, 3.05) is 13.7 Å². The van der Waals surface area contributed by atoms with E-state index in [2.05, 4.69) is 29.8 Å². The van der Waals surface area contributed by atoms with Crippen LogP contribution < -0.4 is 16.0 Å². The van der Waals surface area contributed by atoms with Crippen molar-refractivity contribution in [3.63, 3.8) is 0 Å². The lowest BCUT2D eigenvalue weighted by Gasteiger charge is -2.45. The number of likely N-dealkylation sites (N-methyl/N-ethyl adjacent to an activating group) is 1. The Hall–Kier alpha value is -5.44. The number of hydrogen-bond acceptors (Lipinski definition) is 10. The van der Waals surface area contributed by atoms with Gasteiger partial charge in [-0.2, -0.15) is 0 Å². The van der Waals surface area contributed by atoms with Gasteiger partial charge >= 0.3 is 5.97 Å². The second-order valence-corrected chi connectivity index (χ2v) is 23.8. The number of rotatable bonds is 48. The number of ether oxygens (including phenoxy) is 6. The molecule has 3 amide bonds. The average Bonchev–Trinajstić information content (AvgIpc) is 2.64. The molecule has 1 saturated heterocycles. The Labute approximate surface area is 517 Å². The minimum absolute atomic E-state index is 0.0371. The SMILES string of the molecule is CCCCCCCCCCCCCCC(CCCCCCCCCCCCCC)C(=O)N[C@@H](CO[C@@H]1O[C@@H](C)[C@@H](OCc2ccccc2)[C@@H](OCc2ccccc2)[C@@H]1OCc1ccccc1)C(=O)N[C@@H](CCC(=O)OCc1ccccc1)C(=O)NC. The average molecular weight is 1190 g/mol. The molecule has 0 aliphatic carbocycles. The molecule has 1 fully saturated rings. The van der Waals surface area contributed by atoms with Gasteiger partial charge < -0.3 is 44.4 Å². The summed E-state index contributed by atoms with van der Waals surface area (Å²) in [4.78, 5) is 56.6. The fourth-order valence-electron chi connectivity index (χ4n) is 11.3. The second-order valence-electron chi connectivity index (χ2n) is 23.8. The predicted molar refractivity (Wildman–Crippen MR) is 344 cm³/mol. The standard InChI is InChI=1S/C73H109N3O10/c1-5-7-9-11-13-15-17-19-21-23-25-39-49-63(50-40-26-24-22-20-18-16-14-12-10-8-6-2)70(78)76-65(72(80)75-64(71(79)74-4)51-52-66(77)81-53-59-41-31-27-32-42-59)57-85-73-69(84-56-62-47-37-30-38-48-62)68(83-55-61-45-35-29-36-46-61)67(58(3)86-73)82-54-60-43-33-28-34-44-60/h27-38,41-48,58,63-65,67-69,73H,5-26,39-40,49-57H2,1-4H3,(H,74,79)(H,75,80)(H,76,78)/t58-,64-,65-,67+,68+,69-,73+/m0/s1. The molecule has 1 heterocycles. The fraction of sp³-hybridized carbons (Fsp3) is 0.616. The maximum absolute atomic E-state index is 15.0. The van der Waals surface area contributed by atoms with Crippen molar-refractivity contribution in [1.29, 1.82) is 0 Å². The van der Waals surface area contributed by atoms with E-state index in [1.807, 2.05) is 128 Å². The highest BCUT2D eigenvalue weighted by atomic mass is 16.7. The molecule has 13 heteroatoms. The van der Waals surface area contributed by atoms with E-state index < -0.39 is 60.6 Å². The topological polar surface area (TPSA) is 160 Å². The van der Waals surface area contributed by atoms with Crippen LogP contribution in [0.5, 0.6) is 0 Å². The molecule has 476 valence electrons. The van der Waals surface area contributed by atoms with Crippen molar-refractivity contribution in [3.05, 3.63) is 144 Å². The summed E-state index contributed by atoms with van der Waals surface area (Å²) in [6, 6.07) is 36.7. The Kier molecular flexibility index (Phi) is 37.2. The second kappa shape index (κ2) is 44.9. The molecule has 7 atom stereocenters. The molecule has 0 unspecified atom stereocenters. The molecule has 5 rings (SSSR count). The Morgan fingerprint density at radius 2 is 0.791 bits per heavy atom. The molecule has 0 saturated carbocycles. The summed E-state index contributed by atoms with van der Waals surface area (Å²) in [7, 11) is 1.48. The maximum atomic E-state index is 15.0. The zero-order valence-electron chi connectivity index (χ0n) is 53.1. The number of esters is 1. The summed E-state index contributed by atoms with van der Waals surface area (Å²) in [5.74, 6) is -2.20. The highest BCUT2D eigenvalue weighted by Gasteiger charge is 2.48. The van der Waals surface area contributed by atoms with Gasteiger partial charge in [-0.05, 0) is 48.4 Å². The van der Waals surface area contributed by atoms with Crippen LogP contribution in [0.25, 0.3) is 0 Å². The number of unbranched alkanes of at least 4 members (excludes halogenated alkanes) is 22. The lowest BCUT2D eigenvalue weighted by molar-refractivity contribution is -0.320. The van der Waals surface area contributed by atoms with Crippen LogP contribution in [0.2, 0.25) is 0 Å². The lowest BCUT2D eigenvalue weighted by atomic mass is 9.92. The van der Waals surface area contributed by atoms with Crippen LogP contribution in [0.3, 0.4) is 0 Å². The van der Waals surface area contributed by atoms with Crippen LogP contribution in [-0.4, -0.2) is 80.1 Å². The monoisotopic (exact) mass is 1190 g/mol. The number of nitrogens with one attached hydrogen (secondary N) is 3. The zero-order valence-corrected chi connectivity index (χ0v) is 53.1. The third kappa shape index (κ3) is 29.5. The molecule has 0 aromatic heterocycles. The number of carbonyl (C=O) groups excluding carboxylic acids is 4. The summed E-state index contributed by atoms with van der Waals surface area (Å²) in [6.45, 7) is 6.93. The van der Waals surface area contributed by atoms with Gasteiger partial charge in [-0.3, -0.25) is 19.2 Å². The quantitative estimate of drug-likeness (QED) is 0.0287. The van der Waals surface area contributed by atoms with Gasteiger partial charge in [0.1, 0.15) is 37.0 Å². The van der Waals surface area contributed by atoms with E-state index in [-0.39, 0.29) is 51.1 Å². The number of hydrogen-bond donors (Lipinski definition) is 3. The summed E-state index contributed by atoms with van der Waals surface area (Å²) >= 11 is 0.